The van der Waals surface area contributed by atoms with Crippen molar-refractivity contribution >= 4 is 0 Å². The van der Waals surface area contributed by atoms with E-state index in [1.165, 1.54) is 0 Å². The van der Waals surface area contributed by atoms with E-state index in [2.05, 4.69) is 18.4 Å². The second-order valence-corrected chi connectivity index (χ2v) is 4.44. The highest BCUT2D eigenvalue weighted by atomic mass is 16.5. The van der Waals surface area contributed by atoms with Gasteiger partial charge in [-0.2, -0.15) is 0 Å². The molecule has 3 heteroatoms. The Morgan fingerprint density at radius 1 is 1.67 bits per heavy atom. The lowest BCUT2D eigenvalue weighted by atomic mass is 10.0. The third kappa shape index (κ3) is 4.33. The number of ether oxygens (including phenoxy) is 1. The van der Waals surface area contributed by atoms with Crippen LogP contribution in [0, 0.1) is 0 Å². The molecule has 0 saturated carbocycles. The van der Waals surface area contributed by atoms with E-state index >= 15 is 0 Å². The minimum absolute atomic E-state index is 0.0398. The molecule has 0 spiro atoms. The Morgan fingerprint density at radius 3 is 3.00 bits per heavy atom. The van der Waals surface area contributed by atoms with Crippen LogP contribution in [0.3, 0.4) is 0 Å². The van der Waals surface area contributed by atoms with Crippen molar-refractivity contribution in [3.05, 3.63) is 12.2 Å². The van der Waals surface area contributed by atoms with Crippen molar-refractivity contribution < 1.29 is 9.84 Å². The van der Waals surface area contributed by atoms with Crippen molar-refractivity contribution in [3.63, 3.8) is 0 Å². The van der Waals surface area contributed by atoms with Gasteiger partial charge in [-0.3, -0.25) is 4.90 Å². The van der Waals surface area contributed by atoms with Crippen molar-refractivity contribution in [2.45, 2.75) is 38.9 Å². The highest BCUT2D eigenvalue weighted by Crippen LogP contribution is 2.14. The molecule has 1 heterocycles. The summed E-state index contributed by atoms with van der Waals surface area (Å²) in [4.78, 5) is 2.36. The summed E-state index contributed by atoms with van der Waals surface area (Å²) in [5.41, 5.74) is 1.01. The van der Waals surface area contributed by atoms with Gasteiger partial charge < -0.3 is 9.84 Å². The van der Waals surface area contributed by atoms with Crippen LogP contribution in [0.25, 0.3) is 0 Å². The van der Waals surface area contributed by atoms with Gasteiger partial charge in [-0.05, 0) is 26.3 Å². The highest BCUT2D eigenvalue weighted by Gasteiger charge is 2.26. The molecule has 2 atom stereocenters. The van der Waals surface area contributed by atoms with Gasteiger partial charge in [-0.15, -0.1) is 6.58 Å². The van der Waals surface area contributed by atoms with Gasteiger partial charge in [0.2, 0.25) is 0 Å². The summed E-state index contributed by atoms with van der Waals surface area (Å²) in [7, 11) is 0. The Kier molecular flexibility index (Phi) is 5.29. The summed E-state index contributed by atoms with van der Waals surface area (Å²) >= 11 is 0. The number of aliphatic hydroxyl groups excluding tert-OH is 1. The fourth-order valence-electron chi connectivity index (χ4n) is 1.97. The van der Waals surface area contributed by atoms with Gasteiger partial charge in [0.05, 0.1) is 18.8 Å². The molecular weight excluding hydrogens is 190 g/mol. The zero-order chi connectivity index (χ0) is 11.3. The van der Waals surface area contributed by atoms with E-state index < -0.39 is 6.10 Å². The lowest BCUT2D eigenvalue weighted by Crippen LogP contribution is -2.47. The Hall–Kier alpha value is -0.380. The van der Waals surface area contributed by atoms with E-state index in [1.807, 2.05) is 6.92 Å². The molecule has 0 aliphatic carbocycles. The molecule has 0 aromatic carbocycles. The first-order valence-electron chi connectivity index (χ1n) is 5.80. The molecular formula is C12H23NO2. The molecule has 88 valence electrons. The van der Waals surface area contributed by atoms with Gasteiger partial charge in [0.15, 0.2) is 0 Å². The standard InChI is InChI=1S/C12H23NO2/c1-4-5-13-6-7-15-12(9-13)11(14)8-10(2)3/h11-12,14H,2,4-9H2,1,3H3. The summed E-state index contributed by atoms with van der Waals surface area (Å²) in [5, 5.41) is 9.92. The third-order valence-electron chi connectivity index (χ3n) is 2.70. The van der Waals surface area contributed by atoms with E-state index in [-0.39, 0.29) is 6.10 Å². The minimum Gasteiger partial charge on any atom is -0.390 e. The molecule has 1 aliphatic heterocycles. The molecule has 0 amide bonds. The predicted octanol–water partition coefficient (Wildman–Crippen LogP) is 1.42. The first-order valence-corrected chi connectivity index (χ1v) is 5.80. The van der Waals surface area contributed by atoms with Crippen molar-refractivity contribution in [2.24, 2.45) is 0 Å². The van der Waals surface area contributed by atoms with Crippen molar-refractivity contribution in [1.29, 1.82) is 0 Å². The summed E-state index contributed by atoms with van der Waals surface area (Å²) in [6, 6.07) is 0. The van der Waals surface area contributed by atoms with E-state index in [9.17, 15) is 5.11 Å². The maximum Gasteiger partial charge on any atom is 0.0964 e. The Bertz CT molecular complexity index is 204. The average molecular weight is 213 g/mol. The molecule has 3 nitrogen and oxygen atoms in total. The van der Waals surface area contributed by atoms with Crippen molar-refractivity contribution in [3.8, 4) is 0 Å². The summed E-state index contributed by atoms with van der Waals surface area (Å²) in [5.74, 6) is 0. The van der Waals surface area contributed by atoms with Crippen LogP contribution in [0.5, 0.6) is 0 Å². The fraction of sp³-hybridized carbons (Fsp3) is 0.833. The molecule has 15 heavy (non-hydrogen) atoms. The Labute approximate surface area is 92.7 Å². The number of hydrogen-bond donors (Lipinski definition) is 1. The molecule has 1 fully saturated rings. The van der Waals surface area contributed by atoms with Gasteiger partial charge in [-0.1, -0.05) is 12.5 Å². The van der Waals surface area contributed by atoms with Crippen LogP contribution in [-0.4, -0.2) is 48.5 Å². The van der Waals surface area contributed by atoms with Crippen molar-refractivity contribution in [2.75, 3.05) is 26.2 Å². The van der Waals surface area contributed by atoms with Gasteiger partial charge in [0.25, 0.3) is 0 Å². The molecule has 0 bridgehead atoms. The average Bonchev–Trinajstić information content (AvgIpc) is 2.17. The molecule has 0 aromatic heterocycles. The van der Waals surface area contributed by atoms with Crippen LogP contribution in [0.4, 0.5) is 0 Å². The van der Waals surface area contributed by atoms with E-state index in [1.54, 1.807) is 0 Å². The van der Waals surface area contributed by atoms with Crippen LogP contribution in [0.15, 0.2) is 12.2 Å². The first kappa shape index (κ1) is 12.7. The fourth-order valence-corrected chi connectivity index (χ4v) is 1.97. The van der Waals surface area contributed by atoms with E-state index in [0.717, 1.165) is 38.2 Å². The highest BCUT2D eigenvalue weighted by molar-refractivity contribution is 4.93. The van der Waals surface area contributed by atoms with Crippen LogP contribution >= 0.6 is 0 Å². The normalized spacial score (nSPS) is 25.1. The second-order valence-electron chi connectivity index (χ2n) is 4.44. The maximum atomic E-state index is 9.92. The first-order chi connectivity index (χ1) is 7.13. The van der Waals surface area contributed by atoms with E-state index in [0.29, 0.717) is 6.42 Å². The van der Waals surface area contributed by atoms with Crippen LogP contribution in [0.1, 0.15) is 26.7 Å². The number of morpholine rings is 1. The van der Waals surface area contributed by atoms with Crippen LogP contribution < -0.4 is 0 Å². The van der Waals surface area contributed by atoms with Gasteiger partial charge >= 0.3 is 0 Å². The zero-order valence-corrected chi connectivity index (χ0v) is 9.91. The number of hydrogen-bond acceptors (Lipinski definition) is 3. The zero-order valence-electron chi connectivity index (χ0n) is 9.91. The smallest absolute Gasteiger partial charge is 0.0964 e. The molecule has 1 rings (SSSR count). The Balaban J connectivity index is 2.37. The monoisotopic (exact) mass is 213 g/mol. The molecule has 1 N–H and O–H groups in total. The maximum absolute atomic E-state index is 9.92. The number of nitrogens with zero attached hydrogens (tertiary/aromatic N) is 1. The minimum atomic E-state index is -0.401. The largest absolute Gasteiger partial charge is 0.390 e. The second kappa shape index (κ2) is 6.26. The van der Waals surface area contributed by atoms with Gasteiger partial charge in [0.1, 0.15) is 0 Å². The summed E-state index contributed by atoms with van der Waals surface area (Å²) in [6.07, 6.45) is 1.36. The molecule has 2 unspecified atom stereocenters. The SMILES string of the molecule is C=C(C)CC(O)C1CN(CCC)CCO1. The van der Waals surface area contributed by atoms with Crippen LogP contribution in [-0.2, 0) is 4.74 Å². The quantitative estimate of drug-likeness (QED) is 0.701. The number of rotatable bonds is 5. The topological polar surface area (TPSA) is 32.7 Å². The third-order valence-corrected chi connectivity index (χ3v) is 2.70. The number of aliphatic hydroxyl groups is 1. The Morgan fingerprint density at radius 2 is 2.40 bits per heavy atom. The lowest BCUT2D eigenvalue weighted by molar-refractivity contribution is -0.0876. The van der Waals surface area contributed by atoms with Gasteiger partial charge in [-0.25, -0.2) is 0 Å². The van der Waals surface area contributed by atoms with E-state index in [4.69, 9.17) is 4.74 Å². The molecule has 1 aliphatic rings. The molecule has 0 radical (unpaired) electrons. The lowest BCUT2D eigenvalue weighted by Gasteiger charge is -2.35. The summed E-state index contributed by atoms with van der Waals surface area (Å²) < 4.78 is 5.58. The summed E-state index contributed by atoms with van der Waals surface area (Å²) in [6.45, 7) is 11.6. The van der Waals surface area contributed by atoms with Crippen LogP contribution in [0.2, 0.25) is 0 Å². The molecule has 1 saturated heterocycles. The van der Waals surface area contributed by atoms with Gasteiger partial charge in [0, 0.05) is 13.1 Å². The molecule has 0 aromatic rings. The predicted molar refractivity (Wildman–Crippen MR) is 61.9 cm³/mol. The van der Waals surface area contributed by atoms with Crippen molar-refractivity contribution in [1.82, 2.24) is 4.90 Å².